The van der Waals surface area contributed by atoms with E-state index in [0.29, 0.717) is 24.6 Å². The van der Waals surface area contributed by atoms with Gasteiger partial charge >= 0.3 is 0 Å². The summed E-state index contributed by atoms with van der Waals surface area (Å²) in [7, 11) is 0. The number of halogens is 1. The lowest BCUT2D eigenvalue weighted by Gasteiger charge is -2.42. The van der Waals surface area contributed by atoms with Gasteiger partial charge in [0.05, 0.1) is 12.1 Å². The highest BCUT2D eigenvalue weighted by Gasteiger charge is 2.42. The van der Waals surface area contributed by atoms with E-state index in [4.69, 9.17) is 26.1 Å². The van der Waals surface area contributed by atoms with Gasteiger partial charge in [0.15, 0.2) is 0 Å². The maximum Gasteiger partial charge on any atom is 0.201 e. The molecule has 3 atom stereocenters. The topological polar surface area (TPSA) is 64.6 Å². The molecule has 2 N–H and O–H groups in total. The number of anilines is 1. The summed E-state index contributed by atoms with van der Waals surface area (Å²) in [4.78, 5) is 15.5. The highest BCUT2D eigenvalue weighted by molar-refractivity contribution is 6.31. The summed E-state index contributed by atoms with van der Waals surface area (Å²) in [6, 6.07) is 9.01. The van der Waals surface area contributed by atoms with Crippen LogP contribution in [0.25, 0.3) is 10.9 Å². The maximum absolute atomic E-state index is 6.16. The molecule has 3 fully saturated rings. The third kappa shape index (κ3) is 5.05. The van der Waals surface area contributed by atoms with Crippen LogP contribution in [0.15, 0.2) is 30.5 Å². The molecule has 6 nitrogen and oxygen atoms in total. The number of ether oxygens (including phenoxy) is 1. The molecular formula is C25H34ClN3O3. The van der Waals surface area contributed by atoms with Crippen LogP contribution in [0, 0.1) is 5.92 Å². The molecule has 2 aromatic rings. The predicted octanol–water partition coefficient (Wildman–Crippen LogP) is 5.45. The van der Waals surface area contributed by atoms with Crippen molar-refractivity contribution in [2.24, 2.45) is 5.92 Å². The average molecular weight is 460 g/mol. The smallest absolute Gasteiger partial charge is 0.201 e. The number of nitrogens with zero attached hydrogens (tertiary/aromatic N) is 1. The van der Waals surface area contributed by atoms with Crippen LogP contribution in [-0.4, -0.2) is 42.1 Å². The third-order valence-electron chi connectivity index (χ3n) is 7.32. The molecule has 2 saturated carbocycles. The Bertz CT molecular complexity index is 908. The lowest BCUT2D eigenvalue weighted by Crippen LogP contribution is -2.50. The van der Waals surface area contributed by atoms with Gasteiger partial charge in [0.2, 0.25) is 5.79 Å². The van der Waals surface area contributed by atoms with Crippen LogP contribution in [0.5, 0.6) is 0 Å². The van der Waals surface area contributed by atoms with Crippen LogP contribution >= 0.6 is 11.6 Å². The number of rotatable bonds is 5. The molecule has 0 amide bonds. The zero-order valence-corrected chi connectivity index (χ0v) is 19.6. The van der Waals surface area contributed by atoms with E-state index in [-0.39, 0.29) is 6.10 Å². The Morgan fingerprint density at radius 3 is 2.78 bits per heavy atom. The molecule has 1 aromatic heterocycles. The number of fused-ring (bicyclic) bond motifs is 1. The Morgan fingerprint density at radius 2 is 1.97 bits per heavy atom. The Kier molecular flexibility index (Phi) is 6.86. The van der Waals surface area contributed by atoms with E-state index in [0.717, 1.165) is 53.8 Å². The van der Waals surface area contributed by atoms with E-state index >= 15 is 0 Å². The fourth-order valence-corrected chi connectivity index (χ4v) is 5.55. The minimum atomic E-state index is -0.523. The van der Waals surface area contributed by atoms with Gasteiger partial charge in [0.25, 0.3) is 0 Å². The van der Waals surface area contributed by atoms with Crippen LogP contribution in [0.4, 0.5) is 5.69 Å². The van der Waals surface area contributed by atoms with Crippen molar-refractivity contribution in [2.45, 2.75) is 82.3 Å². The Labute approximate surface area is 195 Å². The number of hydrogen-bond donors (Lipinski definition) is 2. The van der Waals surface area contributed by atoms with Crippen LogP contribution in [0.3, 0.4) is 0 Å². The number of aromatic nitrogens is 1. The molecular weight excluding hydrogens is 426 g/mol. The van der Waals surface area contributed by atoms with Crippen LogP contribution in [0.1, 0.15) is 58.3 Å². The molecule has 7 heteroatoms. The van der Waals surface area contributed by atoms with Crippen molar-refractivity contribution in [1.29, 1.82) is 0 Å². The van der Waals surface area contributed by atoms with Crippen molar-refractivity contribution in [3.05, 3.63) is 35.5 Å². The first-order valence-corrected chi connectivity index (χ1v) is 12.5. The average Bonchev–Trinajstić information content (AvgIpc) is 2.82. The van der Waals surface area contributed by atoms with Gasteiger partial charge in [-0.05, 0) is 62.8 Å². The second kappa shape index (κ2) is 9.82. The van der Waals surface area contributed by atoms with E-state index in [1.165, 1.54) is 25.7 Å². The molecule has 2 heterocycles. The van der Waals surface area contributed by atoms with E-state index in [9.17, 15) is 0 Å². The van der Waals surface area contributed by atoms with Gasteiger partial charge in [-0.25, -0.2) is 9.78 Å². The quantitative estimate of drug-likeness (QED) is 0.579. The molecule has 0 radical (unpaired) electrons. The normalized spacial score (nSPS) is 33.4. The van der Waals surface area contributed by atoms with Crippen molar-refractivity contribution in [3.8, 4) is 0 Å². The van der Waals surface area contributed by atoms with Crippen molar-refractivity contribution in [2.75, 3.05) is 18.5 Å². The fourth-order valence-electron chi connectivity index (χ4n) is 5.39. The van der Waals surface area contributed by atoms with Gasteiger partial charge in [0, 0.05) is 53.8 Å². The minimum absolute atomic E-state index is 0.0155. The summed E-state index contributed by atoms with van der Waals surface area (Å²) in [6.45, 7) is 3.63. The molecule has 3 unspecified atom stereocenters. The molecule has 1 saturated heterocycles. The van der Waals surface area contributed by atoms with E-state index in [2.05, 4.69) is 27.8 Å². The summed E-state index contributed by atoms with van der Waals surface area (Å²) in [5.74, 6) is 0.0896. The van der Waals surface area contributed by atoms with E-state index < -0.39 is 5.79 Å². The highest BCUT2D eigenvalue weighted by atomic mass is 35.5. The standard InChI is InChI=1S/C25H34ClN3O3/c1-17-16-30-25(32-31-17)11-8-20(9-12-25)28-15-18-4-2-3-5-22(18)29-23-10-13-27-24-14-19(26)6-7-21(23)24/h6-7,10,13-14,17-18,20,22,28H,2-5,8-9,11-12,15-16H2,1H3,(H,27,29). The first kappa shape index (κ1) is 22.4. The predicted molar refractivity (Wildman–Crippen MR) is 127 cm³/mol. The van der Waals surface area contributed by atoms with Gasteiger partial charge < -0.3 is 15.4 Å². The Hall–Kier alpha value is -1.44. The molecule has 0 bridgehead atoms. The van der Waals surface area contributed by atoms with Gasteiger partial charge in [-0.1, -0.05) is 24.4 Å². The lowest BCUT2D eigenvalue weighted by molar-refractivity contribution is -0.489. The highest BCUT2D eigenvalue weighted by Crippen LogP contribution is 2.36. The van der Waals surface area contributed by atoms with Gasteiger partial charge in [-0.2, -0.15) is 0 Å². The molecule has 1 aromatic carbocycles. The zero-order valence-electron chi connectivity index (χ0n) is 18.8. The fraction of sp³-hybridized carbons (Fsp3) is 0.640. The Morgan fingerprint density at radius 1 is 1.12 bits per heavy atom. The molecule has 5 rings (SSSR count). The molecule has 3 aliphatic rings. The first-order valence-electron chi connectivity index (χ1n) is 12.1. The minimum Gasteiger partial charge on any atom is -0.381 e. The number of benzene rings is 1. The van der Waals surface area contributed by atoms with E-state index in [1.54, 1.807) is 0 Å². The first-order chi connectivity index (χ1) is 15.6. The Balaban J connectivity index is 1.17. The molecule has 1 spiro atoms. The second-order valence-corrected chi connectivity index (χ2v) is 10.1. The number of nitrogens with one attached hydrogen (secondary N) is 2. The van der Waals surface area contributed by atoms with Gasteiger partial charge in [-0.15, -0.1) is 0 Å². The van der Waals surface area contributed by atoms with E-state index in [1.807, 2.05) is 25.3 Å². The van der Waals surface area contributed by atoms with Crippen LogP contribution < -0.4 is 10.6 Å². The SMILES string of the molecule is CC1COC2(CCC(NCC3CCCCC3Nc3ccnc4cc(Cl)ccc34)CC2)OO1. The van der Waals surface area contributed by atoms with Gasteiger partial charge in [0.1, 0.15) is 6.10 Å². The van der Waals surface area contributed by atoms with Crippen LogP contribution in [-0.2, 0) is 14.5 Å². The van der Waals surface area contributed by atoms with Gasteiger partial charge in [-0.3, -0.25) is 4.98 Å². The summed E-state index contributed by atoms with van der Waals surface area (Å²) in [5.41, 5.74) is 2.10. The van der Waals surface area contributed by atoms with Crippen molar-refractivity contribution >= 4 is 28.2 Å². The zero-order chi connectivity index (χ0) is 22.0. The van der Waals surface area contributed by atoms with Crippen LogP contribution in [0.2, 0.25) is 5.02 Å². The summed E-state index contributed by atoms with van der Waals surface area (Å²) in [5, 5.41) is 9.57. The van der Waals surface area contributed by atoms with Crippen molar-refractivity contribution in [1.82, 2.24) is 10.3 Å². The second-order valence-electron chi connectivity index (χ2n) is 9.71. The summed E-state index contributed by atoms with van der Waals surface area (Å²) < 4.78 is 5.99. The number of hydrogen-bond acceptors (Lipinski definition) is 6. The molecule has 174 valence electrons. The summed E-state index contributed by atoms with van der Waals surface area (Å²) in [6.07, 6.45) is 10.8. The maximum atomic E-state index is 6.16. The summed E-state index contributed by atoms with van der Waals surface area (Å²) >= 11 is 6.16. The molecule has 32 heavy (non-hydrogen) atoms. The number of pyridine rings is 1. The monoisotopic (exact) mass is 459 g/mol. The molecule has 2 aliphatic carbocycles. The van der Waals surface area contributed by atoms with Crippen molar-refractivity contribution in [3.63, 3.8) is 0 Å². The molecule has 1 aliphatic heterocycles. The largest absolute Gasteiger partial charge is 0.381 e. The third-order valence-corrected chi connectivity index (χ3v) is 7.55. The van der Waals surface area contributed by atoms with Crippen molar-refractivity contribution < 1.29 is 14.5 Å². The lowest BCUT2D eigenvalue weighted by atomic mass is 9.83.